The standard InChI is InChI=1S/C13H7ClF4O/c14-11-7-9(8-1-4-10(15)5-2-8)3-6-12(11)19-13(16,17)18/h1-7H. The highest BCUT2D eigenvalue weighted by Gasteiger charge is 2.32. The maximum absolute atomic E-state index is 12.8. The van der Waals surface area contributed by atoms with Crippen LogP contribution in [-0.4, -0.2) is 6.36 Å². The largest absolute Gasteiger partial charge is 0.573 e. The Morgan fingerprint density at radius 2 is 1.47 bits per heavy atom. The van der Waals surface area contributed by atoms with Gasteiger partial charge in [-0.15, -0.1) is 13.2 Å². The predicted molar refractivity (Wildman–Crippen MR) is 63.5 cm³/mol. The summed E-state index contributed by atoms with van der Waals surface area (Å²) in [5.41, 5.74) is 1.21. The molecule has 0 aliphatic carbocycles. The predicted octanol–water partition coefficient (Wildman–Crippen LogP) is 5.04. The molecule has 0 saturated carbocycles. The number of benzene rings is 2. The third kappa shape index (κ3) is 3.61. The van der Waals surface area contributed by atoms with Crippen LogP contribution in [0.5, 0.6) is 5.75 Å². The van der Waals surface area contributed by atoms with Gasteiger partial charge >= 0.3 is 6.36 Å². The Morgan fingerprint density at radius 1 is 0.895 bits per heavy atom. The van der Waals surface area contributed by atoms with Crippen LogP contribution in [0.15, 0.2) is 42.5 Å². The molecule has 0 aromatic heterocycles. The lowest BCUT2D eigenvalue weighted by Gasteiger charge is -2.11. The molecule has 0 amide bonds. The molecule has 6 heteroatoms. The third-order valence-electron chi connectivity index (χ3n) is 2.34. The highest BCUT2D eigenvalue weighted by Crippen LogP contribution is 2.33. The van der Waals surface area contributed by atoms with Crippen LogP contribution in [0, 0.1) is 5.82 Å². The van der Waals surface area contributed by atoms with Gasteiger partial charge in [0.25, 0.3) is 0 Å². The maximum atomic E-state index is 12.8. The van der Waals surface area contributed by atoms with Gasteiger partial charge in [0, 0.05) is 0 Å². The van der Waals surface area contributed by atoms with Crippen molar-refractivity contribution in [2.45, 2.75) is 6.36 Å². The lowest BCUT2D eigenvalue weighted by molar-refractivity contribution is -0.274. The molecule has 0 saturated heterocycles. The average Bonchev–Trinajstić information content (AvgIpc) is 2.31. The molecular formula is C13H7ClF4O. The second kappa shape index (κ2) is 5.09. The smallest absolute Gasteiger partial charge is 0.404 e. The Bertz CT molecular complexity index is 578. The fourth-order valence-electron chi connectivity index (χ4n) is 1.53. The van der Waals surface area contributed by atoms with Gasteiger partial charge in [0.05, 0.1) is 5.02 Å². The Hall–Kier alpha value is -1.75. The molecule has 2 rings (SSSR count). The quantitative estimate of drug-likeness (QED) is 0.704. The topological polar surface area (TPSA) is 9.23 Å². The number of rotatable bonds is 2. The number of hydrogen-bond acceptors (Lipinski definition) is 1. The summed E-state index contributed by atoms with van der Waals surface area (Å²) >= 11 is 5.72. The monoisotopic (exact) mass is 290 g/mol. The zero-order valence-corrected chi connectivity index (χ0v) is 10.1. The van der Waals surface area contributed by atoms with Crippen molar-refractivity contribution in [2.75, 3.05) is 0 Å². The minimum Gasteiger partial charge on any atom is -0.404 e. The van der Waals surface area contributed by atoms with Crippen LogP contribution in [0.2, 0.25) is 5.02 Å². The van der Waals surface area contributed by atoms with Crippen molar-refractivity contribution in [1.29, 1.82) is 0 Å². The molecule has 2 aromatic rings. The molecule has 0 spiro atoms. The van der Waals surface area contributed by atoms with E-state index in [0.717, 1.165) is 6.07 Å². The zero-order valence-electron chi connectivity index (χ0n) is 9.34. The zero-order chi connectivity index (χ0) is 14.0. The van der Waals surface area contributed by atoms with Crippen molar-refractivity contribution in [3.05, 3.63) is 53.3 Å². The van der Waals surface area contributed by atoms with E-state index in [1.54, 1.807) is 0 Å². The maximum Gasteiger partial charge on any atom is 0.573 e. The van der Waals surface area contributed by atoms with Crippen molar-refractivity contribution < 1.29 is 22.3 Å². The van der Waals surface area contributed by atoms with Crippen molar-refractivity contribution in [3.63, 3.8) is 0 Å². The summed E-state index contributed by atoms with van der Waals surface area (Å²) in [4.78, 5) is 0. The summed E-state index contributed by atoms with van der Waals surface area (Å²) in [7, 11) is 0. The van der Waals surface area contributed by atoms with E-state index in [1.165, 1.54) is 36.4 Å². The van der Waals surface area contributed by atoms with E-state index in [1.807, 2.05) is 0 Å². The molecule has 0 atom stereocenters. The summed E-state index contributed by atoms with van der Waals surface area (Å²) in [6.07, 6.45) is -4.79. The summed E-state index contributed by atoms with van der Waals surface area (Å²) in [5.74, 6) is -0.869. The fraction of sp³-hybridized carbons (Fsp3) is 0.0769. The molecule has 0 heterocycles. The Kier molecular flexibility index (Phi) is 3.66. The van der Waals surface area contributed by atoms with E-state index in [0.29, 0.717) is 11.1 Å². The lowest BCUT2D eigenvalue weighted by Crippen LogP contribution is -2.17. The molecule has 0 aliphatic rings. The highest BCUT2D eigenvalue weighted by molar-refractivity contribution is 6.32. The summed E-state index contributed by atoms with van der Waals surface area (Å²) in [6, 6.07) is 9.38. The van der Waals surface area contributed by atoms with Gasteiger partial charge in [-0.1, -0.05) is 29.8 Å². The average molecular weight is 291 g/mol. The highest BCUT2D eigenvalue weighted by atomic mass is 35.5. The van der Waals surface area contributed by atoms with E-state index in [2.05, 4.69) is 4.74 Å². The van der Waals surface area contributed by atoms with Crippen LogP contribution in [0.25, 0.3) is 11.1 Å². The number of ether oxygens (including phenoxy) is 1. The molecule has 0 aliphatic heterocycles. The second-order valence-corrected chi connectivity index (χ2v) is 4.11. The van der Waals surface area contributed by atoms with Crippen molar-refractivity contribution >= 4 is 11.6 Å². The molecule has 0 unspecified atom stereocenters. The number of hydrogen-bond donors (Lipinski definition) is 0. The first kappa shape index (κ1) is 13.7. The van der Waals surface area contributed by atoms with Crippen LogP contribution in [-0.2, 0) is 0 Å². The first-order valence-corrected chi connectivity index (χ1v) is 5.54. The summed E-state index contributed by atoms with van der Waals surface area (Å²) < 4.78 is 52.7. The van der Waals surface area contributed by atoms with Gasteiger partial charge in [-0.2, -0.15) is 0 Å². The minimum atomic E-state index is -4.79. The van der Waals surface area contributed by atoms with Gasteiger partial charge < -0.3 is 4.74 Å². The lowest BCUT2D eigenvalue weighted by atomic mass is 10.1. The molecule has 1 nitrogen and oxygen atoms in total. The molecule has 100 valence electrons. The first-order chi connectivity index (χ1) is 8.85. The number of alkyl halides is 3. The molecular weight excluding hydrogens is 284 g/mol. The minimum absolute atomic E-state index is 0.167. The van der Waals surface area contributed by atoms with E-state index in [4.69, 9.17) is 11.6 Å². The normalized spacial score (nSPS) is 11.4. The van der Waals surface area contributed by atoms with E-state index < -0.39 is 17.9 Å². The fourth-order valence-corrected chi connectivity index (χ4v) is 1.75. The van der Waals surface area contributed by atoms with Crippen LogP contribution in [0.3, 0.4) is 0 Å². The van der Waals surface area contributed by atoms with Crippen LogP contribution < -0.4 is 4.74 Å². The van der Waals surface area contributed by atoms with E-state index in [-0.39, 0.29) is 5.02 Å². The van der Waals surface area contributed by atoms with Gasteiger partial charge in [-0.25, -0.2) is 4.39 Å². The van der Waals surface area contributed by atoms with Gasteiger partial charge in [-0.05, 0) is 35.4 Å². The Morgan fingerprint density at radius 3 is 2.00 bits per heavy atom. The van der Waals surface area contributed by atoms with E-state index in [9.17, 15) is 17.6 Å². The summed E-state index contributed by atoms with van der Waals surface area (Å²) in [5, 5.41) is -0.167. The second-order valence-electron chi connectivity index (χ2n) is 3.70. The van der Waals surface area contributed by atoms with Crippen molar-refractivity contribution in [1.82, 2.24) is 0 Å². The van der Waals surface area contributed by atoms with Gasteiger partial charge in [0.1, 0.15) is 11.6 Å². The van der Waals surface area contributed by atoms with Gasteiger partial charge in [0.15, 0.2) is 0 Å². The molecule has 2 aromatic carbocycles. The Balaban J connectivity index is 2.31. The number of halogens is 5. The van der Waals surface area contributed by atoms with E-state index >= 15 is 0 Å². The van der Waals surface area contributed by atoms with Gasteiger partial charge in [0.2, 0.25) is 0 Å². The van der Waals surface area contributed by atoms with Crippen molar-refractivity contribution in [3.8, 4) is 16.9 Å². The van der Waals surface area contributed by atoms with Crippen molar-refractivity contribution in [2.24, 2.45) is 0 Å². The SMILES string of the molecule is Fc1ccc(-c2ccc(OC(F)(F)F)c(Cl)c2)cc1. The Labute approximate surface area is 111 Å². The van der Waals surface area contributed by atoms with Crippen LogP contribution >= 0.6 is 11.6 Å². The van der Waals surface area contributed by atoms with Gasteiger partial charge in [-0.3, -0.25) is 0 Å². The molecule has 0 fully saturated rings. The molecule has 0 bridgehead atoms. The third-order valence-corrected chi connectivity index (χ3v) is 2.63. The molecule has 0 N–H and O–H groups in total. The molecule has 19 heavy (non-hydrogen) atoms. The summed E-state index contributed by atoms with van der Waals surface area (Å²) in [6.45, 7) is 0. The van der Waals surface area contributed by atoms with Crippen LogP contribution in [0.1, 0.15) is 0 Å². The molecule has 0 radical (unpaired) electrons. The van der Waals surface area contributed by atoms with Crippen LogP contribution in [0.4, 0.5) is 17.6 Å². The first-order valence-electron chi connectivity index (χ1n) is 5.16.